The van der Waals surface area contributed by atoms with Crippen LogP contribution in [-0.2, 0) is 13.2 Å². The molecule has 0 N–H and O–H groups in total. The third-order valence-electron chi connectivity index (χ3n) is 4.64. The number of hydrogen-bond acceptors (Lipinski definition) is 1. The molecule has 0 aliphatic carbocycles. The fraction of sp³-hybridized carbons (Fsp3) is 0.150. The minimum Gasteiger partial charge on any atom is -0.342 e. The molecule has 4 rings (SSSR count). The number of aryl methyl sites for hydroxylation is 2. The number of fused-ring (bicyclic) bond motifs is 3. The van der Waals surface area contributed by atoms with Gasteiger partial charge in [0, 0.05) is 29.5 Å². The summed E-state index contributed by atoms with van der Waals surface area (Å²) in [5.41, 5.74) is 4.11. The molecule has 0 amide bonds. The highest BCUT2D eigenvalue weighted by molar-refractivity contribution is 6.09. The second-order valence-corrected chi connectivity index (χ2v) is 6.16. The first-order chi connectivity index (χ1) is 11.9. The predicted molar refractivity (Wildman–Crippen MR) is 93.4 cm³/mol. The van der Waals surface area contributed by atoms with E-state index in [-0.39, 0.29) is 0 Å². The first-order valence-electron chi connectivity index (χ1n) is 7.87. The van der Waals surface area contributed by atoms with Gasteiger partial charge in [-0.3, -0.25) is 4.98 Å². The maximum absolute atomic E-state index is 12.7. The highest BCUT2D eigenvalue weighted by atomic mass is 19.4. The number of halogens is 3. The monoisotopic (exact) mass is 340 g/mol. The molecule has 2 aromatic heterocycles. The highest BCUT2D eigenvalue weighted by Crippen LogP contribution is 2.34. The van der Waals surface area contributed by atoms with E-state index < -0.39 is 11.7 Å². The van der Waals surface area contributed by atoms with Crippen molar-refractivity contribution in [1.82, 2.24) is 9.55 Å². The Hall–Kier alpha value is -2.82. The van der Waals surface area contributed by atoms with E-state index in [0.29, 0.717) is 0 Å². The molecule has 0 radical (unpaired) electrons. The first kappa shape index (κ1) is 15.7. The molecular formula is C20H15F3N2. The zero-order valence-electron chi connectivity index (χ0n) is 13.7. The highest BCUT2D eigenvalue weighted by Gasteiger charge is 2.29. The topological polar surface area (TPSA) is 17.8 Å². The molecule has 0 unspecified atom stereocenters. The Bertz CT molecular complexity index is 1090. The number of rotatable bonds is 1. The van der Waals surface area contributed by atoms with Crippen LogP contribution in [0.3, 0.4) is 0 Å². The van der Waals surface area contributed by atoms with Gasteiger partial charge in [-0.15, -0.1) is 0 Å². The lowest BCUT2D eigenvalue weighted by Gasteiger charge is -2.08. The van der Waals surface area contributed by atoms with Gasteiger partial charge in [0.15, 0.2) is 0 Å². The van der Waals surface area contributed by atoms with Crippen molar-refractivity contribution in [3.8, 4) is 11.1 Å². The summed E-state index contributed by atoms with van der Waals surface area (Å²) in [7, 11) is 2.00. The molecule has 2 nitrogen and oxygen atoms in total. The van der Waals surface area contributed by atoms with Crippen LogP contribution in [0.1, 0.15) is 11.3 Å². The lowest BCUT2D eigenvalue weighted by Crippen LogP contribution is -2.03. The van der Waals surface area contributed by atoms with Gasteiger partial charge in [0.05, 0.1) is 16.8 Å². The molecule has 0 atom stereocenters. The van der Waals surface area contributed by atoms with E-state index >= 15 is 0 Å². The average Bonchev–Trinajstić information content (AvgIpc) is 2.88. The Morgan fingerprint density at radius 3 is 2.24 bits per heavy atom. The second kappa shape index (κ2) is 5.34. The summed E-state index contributed by atoms with van der Waals surface area (Å²) < 4.78 is 40.3. The summed E-state index contributed by atoms with van der Waals surface area (Å²) in [5.74, 6) is 0. The Labute approximate surface area is 142 Å². The summed E-state index contributed by atoms with van der Waals surface area (Å²) in [6.45, 7) is 1.97. The number of alkyl halides is 3. The van der Waals surface area contributed by atoms with E-state index in [1.165, 1.54) is 12.1 Å². The minimum absolute atomic E-state index is 0.635. The van der Waals surface area contributed by atoms with Gasteiger partial charge in [0.1, 0.15) is 0 Å². The van der Waals surface area contributed by atoms with Gasteiger partial charge in [-0.05, 0) is 48.4 Å². The fourth-order valence-electron chi connectivity index (χ4n) is 3.40. The van der Waals surface area contributed by atoms with Gasteiger partial charge in [-0.1, -0.05) is 18.2 Å². The summed E-state index contributed by atoms with van der Waals surface area (Å²) in [6, 6.07) is 13.2. The minimum atomic E-state index is -4.32. The summed E-state index contributed by atoms with van der Waals surface area (Å²) in [5, 5.41) is 2.17. The van der Waals surface area contributed by atoms with Crippen LogP contribution in [0.15, 0.2) is 54.7 Å². The van der Waals surface area contributed by atoms with Crippen LogP contribution >= 0.6 is 0 Å². The summed E-state index contributed by atoms with van der Waals surface area (Å²) >= 11 is 0. The third-order valence-corrected chi connectivity index (χ3v) is 4.64. The molecule has 0 saturated carbocycles. The molecule has 0 bridgehead atoms. The van der Waals surface area contributed by atoms with E-state index in [9.17, 15) is 13.2 Å². The SMILES string of the molecule is Cc1nccc2c3cc(-c4ccc(C(F)(F)F)cc4)ccc3n(C)c12. The van der Waals surface area contributed by atoms with Crippen molar-refractivity contribution in [3.05, 3.63) is 66.0 Å². The van der Waals surface area contributed by atoms with Gasteiger partial charge in [0.2, 0.25) is 0 Å². The molecule has 0 aliphatic rings. The van der Waals surface area contributed by atoms with Crippen LogP contribution in [0, 0.1) is 6.92 Å². The van der Waals surface area contributed by atoms with Crippen molar-refractivity contribution < 1.29 is 13.2 Å². The Morgan fingerprint density at radius 2 is 1.56 bits per heavy atom. The Morgan fingerprint density at radius 1 is 0.880 bits per heavy atom. The first-order valence-corrected chi connectivity index (χ1v) is 7.87. The van der Waals surface area contributed by atoms with E-state index in [2.05, 4.69) is 9.55 Å². The Kier molecular flexibility index (Phi) is 3.35. The van der Waals surface area contributed by atoms with Crippen molar-refractivity contribution >= 4 is 21.8 Å². The van der Waals surface area contributed by atoms with E-state index in [1.54, 1.807) is 6.20 Å². The maximum Gasteiger partial charge on any atom is 0.416 e. The van der Waals surface area contributed by atoms with Crippen molar-refractivity contribution in [2.75, 3.05) is 0 Å². The van der Waals surface area contributed by atoms with Crippen molar-refractivity contribution in [1.29, 1.82) is 0 Å². The fourth-order valence-corrected chi connectivity index (χ4v) is 3.40. The number of benzene rings is 2. The Balaban J connectivity index is 1.90. The second-order valence-electron chi connectivity index (χ2n) is 6.16. The molecular weight excluding hydrogens is 325 g/mol. The molecule has 5 heteroatoms. The number of hydrogen-bond donors (Lipinski definition) is 0. The molecule has 0 saturated heterocycles. The third kappa shape index (κ3) is 2.47. The lowest BCUT2D eigenvalue weighted by molar-refractivity contribution is -0.137. The van der Waals surface area contributed by atoms with Crippen LogP contribution < -0.4 is 0 Å². The number of nitrogens with zero attached hydrogens (tertiary/aromatic N) is 2. The molecule has 25 heavy (non-hydrogen) atoms. The number of aromatic nitrogens is 2. The zero-order valence-corrected chi connectivity index (χ0v) is 13.7. The average molecular weight is 340 g/mol. The number of pyridine rings is 1. The van der Waals surface area contributed by atoms with Gasteiger partial charge >= 0.3 is 6.18 Å². The van der Waals surface area contributed by atoms with Crippen molar-refractivity contribution in [2.45, 2.75) is 13.1 Å². The largest absolute Gasteiger partial charge is 0.416 e. The standard InChI is InChI=1S/C20H15F3N2/c1-12-19-16(9-10-24-12)17-11-14(5-8-18(17)25(19)2)13-3-6-15(7-4-13)20(21,22)23/h3-11H,1-2H3. The summed E-state index contributed by atoms with van der Waals surface area (Å²) in [4.78, 5) is 4.35. The van der Waals surface area contributed by atoms with Crippen molar-refractivity contribution in [3.63, 3.8) is 0 Å². The maximum atomic E-state index is 12.7. The van der Waals surface area contributed by atoms with E-state index in [1.807, 2.05) is 38.2 Å². The molecule has 2 aromatic carbocycles. The van der Waals surface area contributed by atoms with Gasteiger partial charge in [0.25, 0.3) is 0 Å². The molecule has 4 aromatic rings. The molecule has 2 heterocycles. The van der Waals surface area contributed by atoms with E-state index in [0.717, 1.165) is 50.8 Å². The molecule has 0 fully saturated rings. The van der Waals surface area contributed by atoms with Crippen LogP contribution in [0.5, 0.6) is 0 Å². The van der Waals surface area contributed by atoms with Crippen LogP contribution in [0.4, 0.5) is 13.2 Å². The van der Waals surface area contributed by atoms with Gasteiger partial charge in [-0.2, -0.15) is 13.2 Å². The smallest absolute Gasteiger partial charge is 0.342 e. The summed E-state index contributed by atoms with van der Waals surface area (Å²) in [6.07, 6.45) is -2.54. The molecule has 0 spiro atoms. The van der Waals surface area contributed by atoms with Gasteiger partial charge in [-0.25, -0.2) is 0 Å². The van der Waals surface area contributed by atoms with E-state index in [4.69, 9.17) is 0 Å². The van der Waals surface area contributed by atoms with Crippen LogP contribution in [0.2, 0.25) is 0 Å². The van der Waals surface area contributed by atoms with Crippen LogP contribution in [-0.4, -0.2) is 9.55 Å². The molecule has 126 valence electrons. The zero-order chi connectivity index (χ0) is 17.8. The van der Waals surface area contributed by atoms with Crippen LogP contribution in [0.25, 0.3) is 32.9 Å². The quantitative estimate of drug-likeness (QED) is 0.433. The van der Waals surface area contributed by atoms with Gasteiger partial charge < -0.3 is 4.57 Å². The molecule has 0 aliphatic heterocycles. The lowest BCUT2D eigenvalue weighted by atomic mass is 10.0. The predicted octanol–water partition coefficient (Wildman–Crippen LogP) is 5.72. The van der Waals surface area contributed by atoms with Crippen molar-refractivity contribution in [2.24, 2.45) is 7.05 Å². The normalized spacial score (nSPS) is 12.2.